The van der Waals surface area contributed by atoms with Crippen molar-refractivity contribution in [1.82, 2.24) is 9.78 Å². The molecule has 3 rings (SSSR count). The van der Waals surface area contributed by atoms with Gasteiger partial charge in [-0.05, 0) is 49.4 Å². The van der Waals surface area contributed by atoms with Crippen LogP contribution in [0.5, 0.6) is 5.75 Å². The number of halogens is 1. The zero-order valence-electron chi connectivity index (χ0n) is 10.9. The molecule has 1 aromatic heterocycles. The first-order chi connectivity index (χ1) is 9.65. The Morgan fingerprint density at radius 1 is 1.05 bits per heavy atom. The zero-order chi connectivity index (χ0) is 14.1. The van der Waals surface area contributed by atoms with E-state index in [0.717, 1.165) is 22.5 Å². The van der Waals surface area contributed by atoms with Crippen molar-refractivity contribution in [2.24, 2.45) is 0 Å². The summed E-state index contributed by atoms with van der Waals surface area (Å²) in [5, 5.41) is 15.1. The normalized spacial score (nSPS) is 10.7. The second-order valence-corrected chi connectivity index (χ2v) is 5.06. The van der Waals surface area contributed by atoms with Gasteiger partial charge in [-0.3, -0.25) is 0 Å². The summed E-state index contributed by atoms with van der Waals surface area (Å²) in [4.78, 5) is 0. The van der Waals surface area contributed by atoms with Gasteiger partial charge in [-0.25, -0.2) is 4.68 Å². The molecule has 20 heavy (non-hydrogen) atoms. The van der Waals surface area contributed by atoms with Gasteiger partial charge in [0.1, 0.15) is 5.75 Å². The van der Waals surface area contributed by atoms with E-state index in [0.29, 0.717) is 5.02 Å². The number of hydrogen-bond acceptors (Lipinski definition) is 2. The second kappa shape index (κ2) is 5.02. The van der Waals surface area contributed by atoms with Crippen LogP contribution in [0.15, 0.2) is 54.7 Å². The Labute approximate surface area is 122 Å². The van der Waals surface area contributed by atoms with Gasteiger partial charge in [-0.15, -0.1) is 0 Å². The summed E-state index contributed by atoms with van der Waals surface area (Å²) in [6.07, 6.45) is 1.71. The molecule has 0 saturated carbocycles. The third kappa shape index (κ3) is 2.28. The minimum atomic E-state index is 0.242. The Bertz CT molecular complexity index is 747. The minimum absolute atomic E-state index is 0.242. The highest BCUT2D eigenvalue weighted by Crippen LogP contribution is 2.31. The summed E-state index contributed by atoms with van der Waals surface area (Å²) in [5.74, 6) is 0.242. The van der Waals surface area contributed by atoms with E-state index in [2.05, 4.69) is 5.10 Å². The fourth-order valence-electron chi connectivity index (χ4n) is 2.15. The van der Waals surface area contributed by atoms with Crippen LogP contribution in [0.2, 0.25) is 5.02 Å². The number of nitrogens with zero attached hydrogens (tertiary/aromatic N) is 2. The Balaban J connectivity index is 2.15. The molecule has 0 fully saturated rings. The van der Waals surface area contributed by atoms with Crippen LogP contribution in [0, 0.1) is 6.92 Å². The van der Waals surface area contributed by atoms with Crippen LogP contribution in [-0.4, -0.2) is 14.9 Å². The number of benzene rings is 2. The molecule has 0 aliphatic rings. The smallest absolute Gasteiger partial charge is 0.124 e. The van der Waals surface area contributed by atoms with Crippen LogP contribution < -0.4 is 0 Å². The fourth-order valence-corrected chi connectivity index (χ4v) is 2.28. The summed E-state index contributed by atoms with van der Waals surface area (Å²) in [7, 11) is 0. The number of phenols is 1. The molecule has 1 N–H and O–H groups in total. The SMILES string of the molecule is Cc1ccc(O)c(-c2ccnn2-c2ccc(Cl)cc2)c1. The van der Waals surface area contributed by atoms with Crippen LogP contribution >= 0.6 is 11.6 Å². The average molecular weight is 285 g/mol. The van der Waals surface area contributed by atoms with Gasteiger partial charge in [0.15, 0.2) is 0 Å². The summed E-state index contributed by atoms with van der Waals surface area (Å²) >= 11 is 5.91. The van der Waals surface area contributed by atoms with Crippen molar-refractivity contribution >= 4 is 11.6 Å². The molecular weight excluding hydrogens is 272 g/mol. The highest BCUT2D eigenvalue weighted by atomic mass is 35.5. The first-order valence-electron chi connectivity index (χ1n) is 6.25. The monoisotopic (exact) mass is 284 g/mol. The lowest BCUT2D eigenvalue weighted by Crippen LogP contribution is -1.98. The quantitative estimate of drug-likeness (QED) is 0.765. The summed E-state index contributed by atoms with van der Waals surface area (Å²) < 4.78 is 1.78. The van der Waals surface area contributed by atoms with Crippen LogP contribution in [-0.2, 0) is 0 Å². The topological polar surface area (TPSA) is 38.1 Å². The number of rotatable bonds is 2. The van der Waals surface area contributed by atoms with Gasteiger partial charge in [0.25, 0.3) is 0 Å². The molecule has 0 amide bonds. The van der Waals surface area contributed by atoms with E-state index < -0.39 is 0 Å². The Morgan fingerprint density at radius 3 is 2.55 bits per heavy atom. The molecule has 3 aromatic rings. The first kappa shape index (κ1) is 12.8. The van der Waals surface area contributed by atoms with Gasteiger partial charge in [-0.1, -0.05) is 23.2 Å². The molecule has 0 unspecified atom stereocenters. The molecule has 2 aromatic carbocycles. The standard InChI is InChI=1S/C16H13ClN2O/c1-11-2-7-16(20)14(10-11)15-8-9-18-19(15)13-5-3-12(17)4-6-13/h2-10,20H,1H3. The maximum absolute atomic E-state index is 10.1. The van der Waals surface area contributed by atoms with Crippen molar-refractivity contribution in [2.75, 3.05) is 0 Å². The van der Waals surface area contributed by atoms with E-state index in [1.807, 2.05) is 49.4 Å². The minimum Gasteiger partial charge on any atom is -0.507 e. The third-order valence-electron chi connectivity index (χ3n) is 3.14. The predicted molar refractivity (Wildman–Crippen MR) is 80.4 cm³/mol. The van der Waals surface area contributed by atoms with E-state index in [1.165, 1.54) is 0 Å². The highest BCUT2D eigenvalue weighted by Gasteiger charge is 2.11. The molecule has 0 radical (unpaired) electrons. The summed E-state index contributed by atoms with van der Waals surface area (Å²) in [5.41, 5.74) is 3.59. The van der Waals surface area contributed by atoms with Crippen LogP contribution in [0.1, 0.15) is 5.56 Å². The van der Waals surface area contributed by atoms with Gasteiger partial charge in [0, 0.05) is 10.6 Å². The number of aromatic hydroxyl groups is 1. The van der Waals surface area contributed by atoms with Crippen molar-refractivity contribution in [3.63, 3.8) is 0 Å². The largest absolute Gasteiger partial charge is 0.507 e. The van der Waals surface area contributed by atoms with Gasteiger partial charge in [0.05, 0.1) is 17.6 Å². The van der Waals surface area contributed by atoms with Crippen molar-refractivity contribution in [3.05, 3.63) is 65.3 Å². The Morgan fingerprint density at radius 2 is 1.80 bits per heavy atom. The third-order valence-corrected chi connectivity index (χ3v) is 3.39. The van der Waals surface area contributed by atoms with E-state index in [-0.39, 0.29) is 5.75 Å². The molecule has 0 aliphatic carbocycles. The van der Waals surface area contributed by atoms with Gasteiger partial charge < -0.3 is 5.11 Å². The maximum Gasteiger partial charge on any atom is 0.124 e. The first-order valence-corrected chi connectivity index (χ1v) is 6.63. The van der Waals surface area contributed by atoms with E-state index >= 15 is 0 Å². The number of aryl methyl sites for hydroxylation is 1. The molecule has 0 bridgehead atoms. The lowest BCUT2D eigenvalue weighted by molar-refractivity contribution is 0.476. The summed E-state index contributed by atoms with van der Waals surface area (Å²) in [6, 6.07) is 14.8. The molecular formula is C16H13ClN2O. The molecule has 4 heteroatoms. The molecule has 0 atom stereocenters. The Kier molecular flexibility index (Phi) is 3.20. The van der Waals surface area contributed by atoms with E-state index in [4.69, 9.17) is 11.6 Å². The maximum atomic E-state index is 10.1. The van der Waals surface area contributed by atoms with Crippen LogP contribution in [0.3, 0.4) is 0 Å². The van der Waals surface area contributed by atoms with Crippen LogP contribution in [0.25, 0.3) is 16.9 Å². The van der Waals surface area contributed by atoms with Gasteiger partial charge in [-0.2, -0.15) is 5.10 Å². The Hall–Kier alpha value is -2.26. The number of phenolic OH excluding ortho intramolecular Hbond substituents is 1. The molecule has 0 saturated heterocycles. The van der Waals surface area contributed by atoms with Crippen molar-refractivity contribution in [1.29, 1.82) is 0 Å². The highest BCUT2D eigenvalue weighted by molar-refractivity contribution is 6.30. The van der Waals surface area contributed by atoms with Crippen molar-refractivity contribution < 1.29 is 5.11 Å². The van der Waals surface area contributed by atoms with E-state index in [1.54, 1.807) is 16.9 Å². The molecule has 3 nitrogen and oxygen atoms in total. The van der Waals surface area contributed by atoms with Crippen molar-refractivity contribution in [2.45, 2.75) is 6.92 Å². The number of hydrogen-bond donors (Lipinski definition) is 1. The van der Waals surface area contributed by atoms with Gasteiger partial charge in [0.2, 0.25) is 0 Å². The zero-order valence-corrected chi connectivity index (χ0v) is 11.7. The molecule has 0 spiro atoms. The molecule has 100 valence electrons. The van der Waals surface area contributed by atoms with Gasteiger partial charge >= 0.3 is 0 Å². The van der Waals surface area contributed by atoms with Crippen molar-refractivity contribution in [3.8, 4) is 22.7 Å². The predicted octanol–water partition coefficient (Wildman–Crippen LogP) is 4.21. The lowest BCUT2D eigenvalue weighted by Gasteiger charge is -2.10. The second-order valence-electron chi connectivity index (χ2n) is 4.63. The van der Waals surface area contributed by atoms with Crippen LogP contribution in [0.4, 0.5) is 0 Å². The summed E-state index contributed by atoms with van der Waals surface area (Å²) in [6.45, 7) is 1.99. The fraction of sp³-hybridized carbons (Fsp3) is 0.0625. The molecule has 0 aliphatic heterocycles. The lowest BCUT2D eigenvalue weighted by atomic mass is 10.1. The average Bonchev–Trinajstić information content (AvgIpc) is 2.91. The molecule has 1 heterocycles. The number of aromatic nitrogens is 2. The van der Waals surface area contributed by atoms with E-state index in [9.17, 15) is 5.11 Å².